The van der Waals surface area contributed by atoms with Crippen LogP contribution < -0.4 is 5.32 Å². The summed E-state index contributed by atoms with van der Waals surface area (Å²) in [6.07, 6.45) is 2.32. The summed E-state index contributed by atoms with van der Waals surface area (Å²) in [4.78, 5) is 0. The molecule has 0 fully saturated rings. The molecule has 1 aromatic rings. The highest BCUT2D eigenvalue weighted by Crippen LogP contribution is 2.23. The minimum absolute atomic E-state index is 0.365. The molecule has 0 spiro atoms. The lowest BCUT2D eigenvalue weighted by atomic mass is 9.95. The van der Waals surface area contributed by atoms with Crippen LogP contribution in [0, 0.1) is 5.92 Å². The average molecular weight is 239 g/mol. The molecular formula is C12H25N5. The summed E-state index contributed by atoms with van der Waals surface area (Å²) in [5.41, 5.74) is 0. The highest BCUT2D eigenvalue weighted by Gasteiger charge is 2.19. The Morgan fingerprint density at radius 3 is 2.35 bits per heavy atom. The summed E-state index contributed by atoms with van der Waals surface area (Å²) < 4.78 is 1.97. The summed E-state index contributed by atoms with van der Waals surface area (Å²) in [7, 11) is 0. The van der Waals surface area contributed by atoms with E-state index in [-0.39, 0.29) is 0 Å². The van der Waals surface area contributed by atoms with Gasteiger partial charge in [-0.1, -0.05) is 40.5 Å². The third kappa shape index (κ3) is 3.77. The monoisotopic (exact) mass is 239 g/mol. The first-order valence-electron chi connectivity index (χ1n) is 6.60. The summed E-state index contributed by atoms with van der Waals surface area (Å²) >= 11 is 0. The maximum atomic E-state index is 4.13. The van der Waals surface area contributed by atoms with Crippen LogP contribution >= 0.6 is 0 Å². The largest absolute Gasteiger partial charge is 0.308 e. The van der Waals surface area contributed by atoms with Gasteiger partial charge in [-0.3, -0.25) is 0 Å². The van der Waals surface area contributed by atoms with Crippen molar-refractivity contribution in [2.45, 2.75) is 66.1 Å². The highest BCUT2D eigenvalue weighted by atomic mass is 15.6. The molecular weight excluding hydrogens is 214 g/mol. The second-order valence-electron chi connectivity index (χ2n) is 4.89. The minimum Gasteiger partial charge on any atom is -0.308 e. The Balaban J connectivity index is 2.73. The molecule has 1 rings (SSSR count). The molecule has 17 heavy (non-hydrogen) atoms. The summed E-state index contributed by atoms with van der Waals surface area (Å²) in [6, 6.07) is 0.813. The van der Waals surface area contributed by atoms with Gasteiger partial charge in [0, 0.05) is 6.04 Å². The second kappa shape index (κ2) is 6.69. The number of aromatic nitrogens is 4. The summed E-state index contributed by atoms with van der Waals surface area (Å²) in [6.45, 7) is 11.6. The normalized spacial score (nSPS) is 13.6. The van der Waals surface area contributed by atoms with Crippen molar-refractivity contribution < 1.29 is 0 Å². The van der Waals surface area contributed by atoms with Crippen molar-refractivity contribution in [2.75, 3.05) is 0 Å². The van der Waals surface area contributed by atoms with Crippen LogP contribution in [0.1, 0.15) is 59.3 Å². The Hall–Kier alpha value is -0.970. The number of rotatable bonds is 7. The molecule has 5 heteroatoms. The van der Waals surface area contributed by atoms with E-state index in [2.05, 4.69) is 55.5 Å². The molecule has 0 aromatic carbocycles. The van der Waals surface area contributed by atoms with Gasteiger partial charge in [0.2, 0.25) is 0 Å². The van der Waals surface area contributed by atoms with Crippen LogP contribution in [0.4, 0.5) is 0 Å². The minimum atomic E-state index is 0.365. The van der Waals surface area contributed by atoms with Crippen LogP contribution in [-0.4, -0.2) is 26.2 Å². The number of nitrogens with one attached hydrogen (secondary N) is 1. The first-order valence-corrected chi connectivity index (χ1v) is 6.60. The molecule has 1 N–H and O–H groups in total. The lowest BCUT2D eigenvalue weighted by Gasteiger charge is -2.22. The molecule has 0 saturated heterocycles. The van der Waals surface area contributed by atoms with Crippen LogP contribution in [0.5, 0.6) is 0 Å². The fourth-order valence-electron chi connectivity index (χ4n) is 2.11. The lowest BCUT2D eigenvalue weighted by molar-refractivity contribution is 0.297. The van der Waals surface area contributed by atoms with Crippen molar-refractivity contribution in [3.05, 3.63) is 5.82 Å². The van der Waals surface area contributed by atoms with Crippen molar-refractivity contribution in [1.29, 1.82) is 0 Å². The molecule has 0 aliphatic heterocycles. The van der Waals surface area contributed by atoms with Gasteiger partial charge in [-0.15, -0.1) is 5.10 Å². The maximum absolute atomic E-state index is 4.13. The van der Waals surface area contributed by atoms with E-state index >= 15 is 0 Å². The zero-order valence-electron chi connectivity index (χ0n) is 11.6. The van der Waals surface area contributed by atoms with E-state index in [4.69, 9.17) is 0 Å². The molecule has 1 aromatic heterocycles. The average Bonchev–Trinajstić information content (AvgIpc) is 2.75. The molecule has 0 amide bonds. The molecule has 0 radical (unpaired) electrons. The van der Waals surface area contributed by atoms with E-state index in [0.717, 1.165) is 25.2 Å². The van der Waals surface area contributed by atoms with Gasteiger partial charge in [0.25, 0.3) is 0 Å². The first-order chi connectivity index (χ1) is 8.10. The fraction of sp³-hybridized carbons (Fsp3) is 0.917. The first kappa shape index (κ1) is 14.1. The van der Waals surface area contributed by atoms with Gasteiger partial charge in [-0.05, 0) is 23.3 Å². The second-order valence-corrected chi connectivity index (χ2v) is 4.89. The Kier molecular flexibility index (Phi) is 5.55. The highest BCUT2D eigenvalue weighted by molar-refractivity contribution is 4.85. The molecule has 1 unspecified atom stereocenters. The van der Waals surface area contributed by atoms with Crippen molar-refractivity contribution in [2.24, 2.45) is 5.92 Å². The Labute approximate surface area is 104 Å². The van der Waals surface area contributed by atoms with E-state index in [0.29, 0.717) is 18.0 Å². The van der Waals surface area contributed by atoms with Crippen LogP contribution in [0.25, 0.3) is 0 Å². The zero-order valence-corrected chi connectivity index (χ0v) is 11.6. The topological polar surface area (TPSA) is 55.6 Å². The maximum Gasteiger partial charge on any atom is 0.165 e. The van der Waals surface area contributed by atoms with E-state index in [1.807, 2.05) is 4.68 Å². The molecule has 98 valence electrons. The number of hydrogen-bond donors (Lipinski definition) is 1. The fourth-order valence-corrected chi connectivity index (χ4v) is 2.11. The molecule has 0 saturated carbocycles. The van der Waals surface area contributed by atoms with Crippen molar-refractivity contribution in [3.63, 3.8) is 0 Å². The quantitative estimate of drug-likeness (QED) is 0.792. The van der Waals surface area contributed by atoms with Crippen molar-refractivity contribution >= 4 is 0 Å². The van der Waals surface area contributed by atoms with E-state index in [1.165, 1.54) is 0 Å². The number of nitrogens with zero attached hydrogens (tertiary/aromatic N) is 4. The Morgan fingerprint density at radius 1 is 1.18 bits per heavy atom. The predicted molar refractivity (Wildman–Crippen MR) is 68.6 cm³/mol. The van der Waals surface area contributed by atoms with Gasteiger partial charge < -0.3 is 5.32 Å². The number of tetrazole rings is 1. The van der Waals surface area contributed by atoms with Gasteiger partial charge >= 0.3 is 0 Å². The smallest absolute Gasteiger partial charge is 0.165 e. The Morgan fingerprint density at radius 2 is 1.82 bits per heavy atom. The predicted octanol–water partition coefficient (Wildman–Crippen LogP) is 2.17. The molecule has 1 heterocycles. The van der Waals surface area contributed by atoms with Gasteiger partial charge in [0.15, 0.2) is 5.82 Å². The summed E-state index contributed by atoms with van der Waals surface area (Å²) in [5, 5.41) is 15.4. The standard InChI is InChI=1S/C12H25N5/c1-6-11(7-2)10(5)17-12(14-15-16-17)8-13-9(3)4/h9-11,13H,6-8H2,1-5H3. The number of hydrogen-bond acceptors (Lipinski definition) is 4. The van der Waals surface area contributed by atoms with E-state index in [1.54, 1.807) is 0 Å². The third-order valence-corrected chi connectivity index (χ3v) is 3.35. The molecule has 0 bridgehead atoms. The molecule has 0 aliphatic rings. The van der Waals surface area contributed by atoms with Crippen molar-refractivity contribution in [3.8, 4) is 0 Å². The van der Waals surface area contributed by atoms with Gasteiger partial charge in [0.05, 0.1) is 12.6 Å². The lowest BCUT2D eigenvalue weighted by Crippen LogP contribution is -2.26. The van der Waals surface area contributed by atoms with E-state index in [9.17, 15) is 0 Å². The van der Waals surface area contributed by atoms with Gasteiger partial charge in [-0.2, -0.15) is 0 Å². The molecule has 0 aliphatic carbocycles. The SMILES string of the molecule is CCC(CC)C(C)n1nnnc1CNC(C)C. The van der Waals surface area contributed by atoms with Crippen LogP contribution in [-0.2, 0) is 6.54 Å². The van der Waals surface area contributed by atoms with E-state index < -0.39 is 0 Å². The molecule has 5 nitrogen and oxygen atoms in total. The zero-order chi connectivity index (χ0) is 12.8. The van der Waals surface area contributed by atoms with Gasteiger partial charge in [0.1, 0.15) is 0 Å². The third-order valence-electron chi connectivity index (χ3n) is 3.35. The van der Waals surface area contributed by atoms with Crippen LogP contribution in [0.2, 0.25) is 0 Å². The van der Waals surface area contributed by atoms with Gasteiger partial charge in [-0.25, -0.2) is 4.68 Å². The Bertz CT molecular complexity index is 316. The summed E-state index contributed by atoms with van der Waals surface area (Å²) in [5.74, 6) is 1.56. The van der Waals surface area contributed by atoms with Crippen molar-refractivity contribution in [1.82, 2.24) is 25.5 Å². The van der Waals surface area contributed by atoms with Crippen LogP contribution in [0.3, 0.4) is 0 Å². The molecule has 1 atom stereocenters. The van der Waals surface area contributed by atoms with Crippen LogP contribution in [0.15, 0.2) is 0 Å².